The van der Waals surface area contributed by atoms with E-state index in [1.807, 2.05) is 12.1 Å². The van der Waals surface area contributed by atoms with Crippen molar-refractivity contribution >= 4 is 23.5 Å². The minimum Gasteiger partial charge on any atom is -0.460 e. The van der Waals surface area contributed by atoms with Gasteiger partial charge >= 0.3 is 11.9 Å². The van der Waals surface area contributed by atoms with Gasteiger partial charge in [0.15, 0.2) is 5.75 Å². The van der Waals surface area contributed by atoms with Crippen molar-refractivity contribution in [1.82, 2.24) is 0 Å². The van der Waals surface area contributed by atoms with Gasteiger partial charge in [-0.1, -0.05) is 63.3 Å². The zero-order chi connectivity index (χ0) is 27.9. The monoisotopic (exact) mass is 523 g/mol. The fourth-order valence-corrected chi connectivity index (χ4v) is 3.68. The van der Waals surface area contributed by atoms with Gasteiger partial charge in [-0.05, 0) is 70.4 Å². The van der Waals surface area contributed by atoms with Crippen molar-refractivity contribution in [3.05, 3.63) is 71.5 Å². The number of unbranched alkanes of at least 4 members (excludes halogenated alkanes) is 5. The average Bonchev–Trinajstić information content (AvgIpc) is 2.86. The number of amides is 1. The van der Waals surface area contributed by atoms with Crippen LogP contribution in [0.4, 0.5) is 5.69 Å². The van der Waals surface area contributed by atoms with Crippen LogP contribution in [0.25, 0.3) is 0 Å². The first-order chi connectivity index (χ1) is 18.2. The highest BCUT2D eigenvalue weighted by molar-refractivity contribution is 6.05. The van der Waals surface area contributed by atoms with Crippen molar-refractivity contribution in [1.29, 1.82) is 0 Å². The van der Waals surface area contributed by atoms with E-state index in [1.54, 1.807) is 64.1 Å². The van der Waals surface area contributed by atoms with Gasteiger partial charge in [-0.2, -0.15) is 0 Å². The summed E-state index contributed by atoms with van der Waals surface area (Å²) < 4.78 is 16.1. The minimum atomic E-state index is -0.817. The molecule has 0 bridgehead atoms. The molecule has 0 atom stereocenters. The maximum Gasteiger partial charge on any atom is 0.374 e. The zero-order valence-electron chi connectivity index (χ0n) is 23.3. The fraction of sp³-hybridized carbons (Fsp3) is 0.452. The van der Waals surface area contributed by atoms with Gasteiger partial charge in [-0.25, -0.2) is 9.59 Å². The predicted molar refractivity (Wildman–Crippen MR) is 149 cm³/mol. The number of para-hydroxylation sites is 2. The van der Waals surface area contributed by atoms with Crippen LogP contribution < -0.4 is 10.1 Å². The predicted octanol–water partition coefficient (Wildman–Crippen LogP) is 7.01. The van der Waals surface area contributed by atoms with Crippen molar-refractivity contribution in [2.75, 3.05) is 5.32 Å². The lowest BCUT2D eigenvalue weighted by atomic mass is 10.0. The summed E-state index contributed by atoms with van der Waals surface area (Å²) in [6.07, 6.45) is 8.60. The summed E-state index contributed by atoms with van der Waals surface area (Å²) in [6.45, 7) is 8.99. The smallest absolute Gasteiger partial charge is 0.374 e. The third-order valence-corrected chi connectivity index (χ3v) is 5.54. The van der Waals surface area contributed by atoms with E-state index in [4.69, 9.17) is 14.2 Å². The Kier molecular flexibility index (Phi) is 13.1. The normalized spacial score (nSPS) is 11.4. The second-order valence-corrected chi connectivity index (χ2v) is 9.72. The summed E-state index contributed by atoms with van der Waals surface area (Å²) >= 11 is 0. The SMILES string of the molecule is CCCCCCCCc1ccc(C(=O)Nc2ccccc2O/C(=C/C(=O)OC(C)C)C(=O)OC(C)C)cc1. The van der Waals surface area contributed by atoms with Crippen LogP contribution in [0, 0.1) is 0 Å². The van der Waals surface area contributed by atoms with Crippen LogP contribution in [-0.4, -0.2) is 30.1 Å². The molecule has 2 aromatic rings. The number of hydrogen-bond donors (Lipinski definition) is 1. The van der Waals surface area contributed by atoms with Gasteiger partial charge in [0.1, 0.15) is 0 Å². The first kappa shape index (κ1) is 30.6. The molecule has 0 fully saturated rings. The molecule has 0 aliphatic rings. The molecule has 0 saturated heterocycles. The molecule has 2 aromatic carbocycles. The minimum absolute atomic E-state index is 0.185. The number of hydrogen-bond acceptors (Lipinski definition) is 6. The van der Waals surface area contributed by atoms with Crippen LogP contribution in [0.15, 0.2) is 60.4 Å². The molecule has 206 valence electrons. The Morgan fingerprint density at radius 2 is 1.45 bits per heavy atom. The Labute approximate surface area is 226 Å². The number of carbonyl (C=O) groups excluding carboxylic acids is 3. The zero-order valence-corrected chi connectivity index (χ0v) is 23.3. The maximum atomic E-state index is 13.0. The molecule has 0 aliphatic heterocycles. The first-order valence-electron chi connectivity index (χ1n) is 13.5. The number of anilines is 1. The lowest BCUT2D eigenvalue weighted by molar-refractivity contribution is -0.147. The van der Waals surface area contributed by atoms with Gasteiger partial charge in [0.05, 0.1) is 24.0 Å². The lowest BCUT2D eigenvalue weighted by Crippen LogP contribution is -2.20. The van der Waals surface area contributed by atoms with Crippen LogP contribution in [0.1, 0.15) is 89.1 Å². The van der Waals surface area contributed by atoms with Gasteiger partial charge in [0.25, 0.3) is 5.91 Å². The average molecular weight is 524 g/mol. The highest BCUT2D eigenvalue weighted by Crippen LogP contribution is 2.27. The maximum absolute atomic E-state index is 13.0. The standard InChI is InChI=1S/C31H41NO6/c1-6-7-8-9-10-11-14-24-17-19-25(20-18-24)30(34)32-26-15-12-13-16-27(26)38-28(31(35)37-23(4)5)21-29(33)36-22(2)3/h12-13,15-23H,6-11,14H2,1-5H3,(H,32,34)/b28-21+. The van der Waals surface area contributed by atoms with Gasteiger partial charge in [-0.3, -0.25) is 4.79 Å². The molecule has 38 heavy (non-hydrogen) atoms. The van der Waals surface area contributed by atoms with Crippen molar-refractivity contribution in [2.24, 2.45) is 0 Å². The number of aryl methyl sites for hydroxylation is 1. The number of ether oxygens (including phenoxy) is 3. The largest absolute Gasteiger partial charge is 0.460 e. The quantitative estimate of drug-likeness (QED) is 0.117. The molecule has 1 N–H and O–H groups in total. The van der Waals surface area contributed by atoms with E-state index in [0.717, 1.165) is 18.9 Å². The molecule has 0 aliphatic carbocycles. The number of carbonyl (C=O) groups is 3. The highest BCUT2D eigenvalue weighted by atomic mass is 16.6. The number of nitrogens with one attached hydrogen (secondary N) is 1. The Morgan fingerprint density at radius 3 is 2.11 bits per heavy atom. The van der Waals surface area contributed by atoms with Crippen molar-refractivity contribution < 1.29 is 28.6 Å². The van der Waals surface area contributed by atoms with E-state index in [0.29, 0.717) is 11.3 Å². The van der Waals surface area contributed by atoms with E-state index in [-0.39, 0.29) is 23.5 Å². The summed E-state index contributed by atoms with van der Waals surface area (Å²) in [7, 11) is 0. The number of benzene rings is 2. The fourth-order valence-electron chi connectivity index (χ4n) is 3.68. The molecule has 1 amide bonds. The van der Waals surface area contributed by atoms with Crippen LogP contribution in [0.2, 0.25) is 0 Å². The highest BCUT2D eigenvalue weighted by Gasteiger charge is 2.20. The van der Waals surface area contributed by atoms with Crippen molar-refractivity contribution in [2.45, 2.75) is 91.8 Å². The second kappa shape index (κ2) is 16.3. The van der Waals surface area contributed by atoms with Gasteiger partial charge in [-0.15, -0.1) is 0 Å². The van der Waals surface area contributed by atoms with E-state index in [9.17, 15) is 14.4 Å². The van der Waals surface area contributed by atoms with Gasteiger partial charge in [0, 0.05) is 5.56 Å². The van der Waals surface area contributed by atoms with Crippen LogP contribution in [-0.2, 0) is 25.5 Å². The van der Waals surface area contributed by atoms with E-state index in [2.05, 4.69) is 12.2 Å². The van der Waals surface area contributed by atoms with Crippen LogP contribution in [0.5, 0.6) is 5.75 Å². The molecule has 0 spiro atoms. The molecule has 7 heteroatoms. The molecule has 7 nitrogen and oxygen atoms in total. The molecule has 0 unspecified atom stereocenters. The molecule has 0 saturated carbocycles. The van der Waals surface area contributed by atoms with Crippen LogP contribution >= 0.6 is 0 Å². The molecular weight excluding hydrogens is 482 g/mol. The Morgan fingerprint density at radius 1 is 0.816 bits per heavy atom. The summed E-state index contributed by atoms with van der Waals surface area (Å²) in [4.78, 5) is 37.7. The first-order valence-corrected chi connectivity index (χ1v) is 13.5. The third-order valence-electron chi connectivity index (χ3n) is 5.54. The number of rotatable bonds is 15. The van der Waals surface area contributed by atoms with Crippen molar-refractivity contribution in [3.63, 3.8) is 0 Å². The molecule has 2 rings (SSSR count). The summed E-state index contributed by atoms with van der Waals surface area (Å²) in [5.74, 6) is -2.03. The summed E-state index contributed by atoms with van der Waals surface area (Å²) in [5.41, 5.74) is 2.05. The lowest BCUT2D eigenvalue weighted by Gasteiger charge is -2.15. The molecule has 0 heterocycles. The topological polar surface area (TPSA) is 90.9 Å². The molecular formula is C31H41NO6. The number of esters is 2. The van der Waals surface area contributed by atoms with Crippen molar-refractivity contribution in [3.8, 4) is 5.75 Å². The summed E-state index contributed by atoms with van der Waals surface area (Å²) in [6, 6.07) is 14.2. The van der Waals surface area contributed by atoms with E-state index in [1.165, 1.54) is 37.7 Å². The third kappa shape index (κ3) is 11.2. The second-order valence-electron chi connectivity index (χ2n) is 9.72. The summed E-state index contributed by atoms with van der Waals surface area (Å²) in [5, 5.41) is 2.83. The Hall–Kier alpha value is -3.61. The van der Waals surface area contributed by atoms with Gasteiger partial charge in [0.2, 0.25) is 5.76 Å². The van der Waals surface area contributed by atoms with E-state index < -0.39 is 18.0 Å². The molecule has 0 radical (unpaired) electrons. The molecule has 0 aromatic heterocycles. The van der Waals surface area contributed by atoms with E-state index >= 15 is 0 Å². The van der Waals surface area contributed by atoms with Crippen LogP contribution in [0.3, 0.4) is 0 Å². The Bertz CT molecular complexity index is 1070. The Balaban J connectivity index is 2.09. The van der Waals surface area contributed by atoms with Gasteiger partial charge < -0.3 is 19.5 Å².